The summed E-state index contributed by atoms with van der Waals surface area (Å²) in [5.41, 5.74) is -1.13. The molecule has 0 aliphatic heterocycles. The Bertz CT molecular complexity index is 882. The van der Waals surface area contributed by atoms with Gasteiger partial charge in [0.1, 0.15) is 5.56 Å². The predicted molar refractivity (Wildman–Crippen MR) is 101 cm³/mol. The number of carbonyl (C=O) groups excluding carboxylic acids is 1. The van der Waals surface area contributed by atoms with Gasteiger partial charge in [0.15, 0.2) is 11.6 Å². The number of rotatable bonds is 7. The number of allylic oxidation sites excluding steroid dienone is 4. The van der Waals surface area contributed by atoms with Crippen LogP contribution in [0.25, 0.3) is 11.6 Å². The van der Waals surface area contributed by atoms with Gasteiger partial charge in [-0.3, -0.25) is 9.59 Å². The number of H-pyrrole nitrogens is 1. The summed E-state index contributed by atoms with van der Waals surface area (Å²) in [6, 6.07) is 1.66. The van der Waals surface area contributed by atoms with E-state index in [1.165, 1.54) is 6.20 Å². The summed E-state index contributed by atoms with van der Waals surface area (Å²) in [7, 11) is 0. The van der Waals surface area contributed by atoms with Crippen molar-refractivity contribution in [2.45, 2.75) is 25.8 Å². The van der Waals surface area contributed by atoms with Crippen molar-refractivity contribution in [2.24, 2.45) is 0 Å². The molecule has 0 aliphatic rings. The van der Waals surface area contributed by atoms with E-state index in [9.17, 15) is 9.59 Å². The zero-order valence-electron chi connectivity index (χ0n) is 14.8. The standard InChI is InChI=1S/C19H21N5O2/c1-4-5-6-7-8-10-19(2,3)24-18(26)14-13-22-16(23-17(14)25)15-20-11-9-12-21-15/h4-9,11-13H,1,10H2,2-3H3,(H,24,26)(H,22,23,25)/b6-5-,8-7-. The summed E-state index contributed by atoms with van der Waals surface area (Å²) in [6.07, 6.45) is 14.1. The molecule has 0 spiro atoms. The molecule has 2 rings (SSSR count). The zero-order valence-corrected chi connectivity index (χ0v) is 14.8. The fraction of sp³-hybridized carbons (Fsp3) is 0.211. The number of nitrogens with zero attached hydrogens (tertiary/aromatic N) is 3. The fourth-order valence-electron chi connectivity index (χ4n) is 2.10. The van der Waals surface area contributed by atoms with E-state index in [1.807, 2.05) is 38.2 Å². The molecule has 26 heavy (non-hydrogen) atoms. The first kappa shape index (κ1) is 19.0. The van der Waals surface area contributed by atoms with Crippen molar-refractivity contribution >= 4 is 5.91 Å². The third kappa shape index (κ3) is 5.34. The second-order valence-electron chi connectivity index (χ2n) is 6.14. The third-order valence-electron chi connectivity index (χ3n) is 3.40. The number of hydrogen-bond acceptors (Lipinski definition) is 5. The van der Waals surface area contributed by atoms with Gasteiger partial charge >= 0.3 is 0 Å². The first-order chi connectivity index (χ1) is 12.4. The minimum Gasteiger partial charge on any atom is -0.347 e. The molecule has 1 amide bonds. The minimum absolute atomic E-state index is 0.0618. The van der Waals surface area contributed by atoms with Gasteiger partial charge in [0.2, 0.25) is 0 Å². The summed E-state index contributed by atoms with van der Waals surface area (Å²) in [5, 5.41) is 2.84. The molecule has 0 aromatic carbocycles. The van der Waals surface area contributed by atoms with Crippen molar-refractivity contribution in [3.63, 3.8) is 0 Å². The van der Waals surface area contributed by atoms with Gasteiger partial charge in [0.05, 0.1) is 0 Å². The predicted octanol–water partition coefficient (Wildman–Crippen LogP) is 2.42. The minimum atomic E-state index is -0.541. The second-order valence-corrected chi connectivity index (χ2v) is 6.14. The molecular weight excluding hydrogens is 330 g/mol. The first-order valence-electron chi connectivity index (χ1n) is 8.06. The van der Waals surface area contributed by atoms with Crippen LogP contribution in [0.2, 0.25) is 0 Å². The van der Waals surface area contributed by atoms with Gasteiger partial charge < -0.3 is 10.3 Å². The van der Waals surface area contributed by atoms with Gasteiger partial charge in [-0.1, -0.05) is 37.0 Å². The Balaban J connectivity index is 2.09. The fourth-order valence-corrected chi connectivity index (χ4v) is 2.10. The Morgan fingerprint density at radius 3 is 2.62 bits per heavy atom. The molecule has 2 aromatic heterocycles. The molecule has 0 saturated heterocycles. The maximum absolute atomic E-state index is 12.4. The van der Waals surface area contributed by atoms with E-state index in [0.29, 0.717) is 6.42 Å². The van der Waals surface area contributed by atoms with E-state index in [2.05, 4.69) is 31.8 Å². The van der Waals surface area contributed by atoms with Crippen LogP contribution in [0.1, 0.15) is 30.6 Å². The molecule has 2 aromatic rings. The molecule has 0 fully saturated rings. The maximum atomic E-state index is 12.4. The third-order valence-corrected chi connectivity index (χ3v) is 3.40. The Labute approximate surface area is 151 Å². The highest BCUT2D eigenvalue weighted by molar-refractivity contribution is 5.94. The molecule has 0 radical (unpaired) electrons. The van der Waals surface area contributed by atoms with Crippen molar-refractivity contribution in [1.82, 2.24) is 25.3 Å². The normalized spacial score (nSPS) is 11.8. The highest BCUT2D eigenvalue weighted by atomic mass is 16.2. The Hall–Kier alpha value is -3.35. The van der Waals surface area contributed by atoms with Crippen molar-refractivity contribution in [2.75, 3.05) is 0 Å². The van der Waals surface area contributed by atoms with E-state index in [4.69, 9.17) is 0 Å². The maximum Gasteiger partial charge on any atom is 0.264 e. The largest absolute Gasteiger partial charge is 0.347 e. The molecule has 2 N–H and O–H groups in total. The van der Waals surface area contributed by atoms with Crippen LogP contribution in [0.5, 0.6) is 0 Å². The molecule has 0 atom stereocenters. The van der Waals surface area contributed by atoms with Crippen LogP contribution in [0, 0.1) is 0 Å². The summed E-state index contributed by atoms with van der Waals surface area (Å²) in [6.45, 7) is 7.34. The van der Waals surface area contributed by atoms with Crippen molar-refractivity contribution in [1.29, 1.82) is 0 Å². The number of hydrogen-bond donors (Lipinski definition) is 2. The molecule has 0 aliphatic carbocycles. The van der Waals surface area contributed by atoms with Crippen LogP contribution in [0.15, 0.2) is 66.4 Å². The quantitative estimate of drug-likeness (QED) is 0.746. The SMILES string of the molecule is C=C/C=C\C=C/CC(C)(C)NC(=O)c1cnc(-c2ncccn2)[nH]c1=O. The van der Waals surface area contributed by atoms with E-state index in [1.54, 1.807) is 24.5 Å². The van der Waals surface area contributed by atoms with E-state index in [0.717, 1.165) is 0 Å². The Morgan fingerprint density at radius 1 is 1.23 bits per heavy atom. The highest BCUT2D eigenvalue weighted by Gasteiger charge is 2.22. The summed E-state index contributed by atoms with van der Waals surface area (Å²) in [5.74, 6) is 0.0114. The van der Waals surface area contributed by atoms with Gasteiger partial charge in [0.25, 0.3) is 11.5 Å². The summed E-state index contributed by atoms with van der Waals surface area (Å²) < 4.78 is 0. The number of nitrogens with one attached hydrogen (secondary N) is 2. The Morgan fingerprint density at radius 2 is 1.96 bits per heavy atom. The average Bonchev–Trinajstić information content (AvgIpc) is 2.61. The number of amides is 1. The lowest BCUT2D eigenvalue weighted by Gasteiger charge is -2.24. The molecule has 7 heteroatoms. The van der Waals surface area contributed by atoms with Gasteiger partial charge in [-0.25, -0.2) is 15.0 Å². The topological polar surface area (TPSA) is 101 Å². The lowest BCUT2D eigenvalue weighted by atomic mass is 10.00. The molecule has 0 bridgehead atoms. The summed E-state index contributed by atoms with van der Waals surface area (Å²) >= 11 is 0. The summed E-state index contributed by atoms with van der Waals surface area (Å²) in [4.78, 5) is 39.3. The number of carbonyl (C=O) groups is 1. The van der Waals surface area contributed by atoms with Gasteiger partial charge in [-0.05, 0) is 26.3 Å². The average molecular weight is 351 g/mol. The van der Waals surface area contributed by atoms with E-state index in [-0.39, 0.29) is 17.2 Å². The van der Waals surface area contributed by atoms with Crippen molar-refractivity contribution < 1.29 is 4.79 Å². The van der Waals surface area contributed by atoms with Gasteiger partial charge in [0, 0.05) is 24.1 Å². The van der Waals surface area contributed by atoms with Crippen molar-refractivity contribution in [3.8, 4) is 11.6 Å². The molecule has 134 valence electrons. The molecule has 2 heterocycles. The Kier molecular flexibility index (Phi) is 6.32. The lowest BCUT2D eigenvalue weighted by Crippen LogP contribution is -2.44. The number of aromatic nitrogens is 4. The monoisotopic (exact) mass is 351 g/mol. The molecule has 7 nitrogen and oxygen atoms in total. The van der Waals surface area contributed by atoms with Crippen LogP contribution in [0.4, 0.5) is 0 Å². The lowest BCUT2D eigenvalue weighted by molar-refractivity contribution is 0.0912. The van der Waals surface area contributed by atoms with Crippen LogP contribution in [-0.4, -0.2) is 31.4 Å². The van der Waals surface area contributed by atoms with E-state index < -0.39 is 17.0 Å². The smallest absolute Gasteiger partial charge is 0.264 e. The molecule has 0 unspecified atom stereocenters. The molecular formula is C19H21N5O2. The van der Waals surface area contributed by atoms with Gasteiger partial charge in [-0.15, -0.1) is 0 Å². The molecule has 0 saturated carbocycles. The first-order valence-corrected chi connectivity index (χ1v) is 8.06. The van der Waals surface area contributed by atoms with E-state index >= 15 is 0 Å². The zero-order chi connectivity index (χ0) is 19.0. The van der Waals surface area contributed by atoms with Crippen LogP contribution >= 0.6 is 0 Å². The van der Waals surface area contributed by atoms with Gasteiger partial charge in [-0.2, -0.15) is 0 Å². The van der Waals surface area contributed by atoms with Crippen LogP contribution in [0.3, 0.4) is 0 Å². The highest BCUT2D eigenvalue weighted by Crippen LogP contribution is 2.11. The van der Waals surface area contributed by atoms with Crippen LogP contribution < -0.4 is 10.9 Å². The number of aromatic amines is 1. The van der Waals surface area contributed by atoms with Crippen molar-refractivity contribution in [3.05, 3.63) is 77.5 Å². The second kappa shape index (κ2) is 8.66. The van der Waals surface area contributed by atoms with Crippen LogP contribution in [-0.2, 0) is 0 Å².